The summed E-state index contributed by atoms with van der Waals surface area (Å²) in [6.07, 6.45) is -5.08. The first-order valence-electron chi connectivity index (χ1n) is 11.7. The number of piperazine rings is 1. The molecule has 3 rings (SSSR count). The van der Waals surface area contributed by atoms with Crippen molar-refractivity contribution in [2.45, 2.75) is 19.6 Å². The molecular formula is C24H29F3N4O7S. The topological polar surface area (TPSA) is 156 Å². The Morgan fingerprint density at radius 3 is 2.08 bits per heavy atom. The minimum Gasteiger partial charge on any atom is -0.478 e. The minimum absolute atomic E-state index is 0.0389. The van der Waals surface area contributed by atoms with Crippen LogP contribution in [0.5, 0.6) is 0 Å². The van der Waals surface area contributed by atoms with Crippen molar-refractivity contribution in [3.63, 3.8) is 0 Å². The van der Waals surface area contributed by atoms with Crippen LogP contribution in [0, 0.1) is 0 Å². The summed E-state index contributed by atoms with van der Waals surface area (Å²) in [5, 5.41) is 19.6. The van der Waals surface area contributed by atoms with Crippen molar-refractivity contribution in [3.8, 4) is 0 Å². The number of nitrogens with one attached hydrogen (secondary N) is 2. The molecule has 1 heterocycles. The van der Waals surface area contributed by atoms with E-state index in [1.54, 1.807) is 6.07 Å². The fourth-order valence-corrected chi connectivity index (χ4v) is 4.11. The highest BCUT2D eigenvalue weighted by Gasteiger charge is 2.38. The molecule has 0 atom stereocenters. The molecule has 0 aromatic heterocycles. The van der Waals surface area contributed by atoms with E-state index in [2.05, 4.69) is 14.9 Å². The van der Waals surface area contributed by atoms with E-state index in [0.717, 1.165) is 5.56 Å². The van der Waals surface area contributed by atoms with Gasteiger partial charge in [-0.05, 0) is 30.7 Å². The van der Waals surface area contributed by atoms with Gasteiger partial charge < -0.3 is 20.4 Å². The summed E-state index contributed by atoms with van der Waals surface area (Å²) in [5.41, 5.74) is 1.71. The zero-order chi connectivity index (χ0) is 29.2. The minimum atomic E-state index is -5.08. The smallest absolute Gasteiger partial charge is 0.478 e. The zero-order valence-corrected chi connectivity index (χ0v) is 21.8. The molecule has 0 bridgehead atoms. The van der Waals surface area contributed by atoms with E-state index in [9.17, 15) is 36.3 Å². The summed E-state index contributed by atoms with van der Waals surface area (Å²) >= 11 is 0. The monoisotopic (exact) mass is 574 g/mol. The number of alkyl halides is 3. The molecule has 1 aliphatic heterocycles. The largest absolute Gasteiger partial charge is 0.490 e. The van der Waals surface area contributed by atoms with Gasteiger partial charge in [-0.15, -0.1) is 0 Å². The predicted octanol–water partition coefficient (Wildman–Crippen LogP) is 2.22. The van der Waals surface area contributed by atoms with Gasteiger partial charge in [0.2, 0.25) is 15.9 Å². The van der Waals surface area contributed by atoms with Crippen LogP contribution < -0.4 is 14.9 Å². The summed E-state index contributed by atoms with van der Waals surface area (Å²) in [6.45, 7) is 4.86. The molecule has 39 heavy (non-hydrogen) atoms. The Morgan fingerprint density at radius 2 is 1.56 bits per heavy atom. The van der Waals surface area contributed by atoms with Crippen LogP contribution in [-0.4, -0.2) is 86.0 Å². The quantitative estimate of drug-likeness (QED) is 0.353. The third-order valence-corrected chi connectivity index (χ3v) is 6.85. The second-order valence-corrected chi connectivity index (χ2v) is 10.4. The first-order chi connectivity index (χ1) is 18.2. The Balaban J connectivity index is 0.000000673. The average Bonchev–Trinajstić information content (AvgIpc) is 2.88. The predicted molar refractivity (Wildman–Crippen MR) is 137 cm³/mol. The number of aromatic carboxylic acids is 1. The highest BCUT2D eigenvalue weighted by molar-refractivity contribution is 7.92. The van der Waals surface area contributed by atoms with E-state index in [4.69, 9.17) is 9.90 Å². The molecule has 2 aromatic rings. The van der Waals surface area contributed by atoms with Crippen molar-refractivity contribution in [2.24, 2.45) is 0 Å². The molecule has 1 saturated heterocycles. The molecule has 214 valence electrons. The van der Waals surface area contributed by atoms with Crippen LogP contribution in [0.1, 0.15) is 22.8 Å². The van der Waals surface area contributed by atoms with Gasteiger partial charge in [0.05, 0.1) is 23.5 Å². The highest BCUT2D eigenvalue weighted by Crippen LogP contribution is 2.25. The van der Waals surface area contributed by atoms with Crippen molar-refractivity contribution in [1.82, 2.24) is 10.2 Å². The van der Waals surface area contributed by atoms with Gasteiger partial charge in [-0.3, -0.25) is 14.4 Å². The number of carboxylic acid groups (broad SMARTS) is 2. The first kappa shape index (κ1) is 31.4. The number of carbonyl (C=O) groups excluding carboxylic acids is 1. The number of hydrogen-bond donors (Lipinski definition) is 4. The molecule has 11 nitrogen and oxygen atoms in total. The van der Waals surface area contributed by atoms with Gasteiger partial charge in [0, 0.05) is 38.4 Å². The molecule has 4 N–H and O–H groups in total. The summed E-state index contributed by atoms with van der Waals surface area (Å²) in [5.74, 6) is -4.14. The van der Waals surface area contributed by atoms with Crippen LogP contribution in [0.4, 0.5) is 24.5 Å². The lowest BCUT2D eigenvalue weighted by atomic mass is 10.1. The maximum absolute atomic E-state index is 12.2. The summed E-state index contributed by atoms with van der Waals surface area (Å²) in [7, 11) is -3.58. The van der Waals surface area contributed by atoms with Crippen LogP contribution in [0.2, 0.25) is 0 Å². The maximum Gasteiger partial charge on any atom is 0.490 e. The van der Waals surface area contributed by atoms with E-state index < -0.39 is 28.1 Å². The van der Waals surface area contributed by atoms with E-state index >= 15 is 0 Å². The molecule has 1 amide bonds. The molecule has 1 fully saturated rings. The Kier molecular flexibility index (Phi) is 11.1. The molecule has 0 radical (unpaired) electrons. The van der Waals surface area contributed by atoms with Gasteiger partial charge in [-0.25, -0.2) is 18.0 Å². The summed E-state index contributed by atoms with van der Waals surface area (Å²) in [6, 6.07) is 14.4. The number of sulfonamides is 1. The number of anilines is 2. The van der Waals surface area contributed by atoms with Crippen molar-refractivity contribution < 1.29 is 46.2 Å². The van der Waals surface area contributed by atoms with Gasteiger partial charge in [-0.2, -0.15) is 13.2 Å². The summed E-state index contributed by atoms with van der Waals surface area (Å²) in [4.78, 5) is 36.9. The molecule has 0 aliphatic carbocycles. The van der Waals surface area contributed by atoms with Gasteiger partial charge >= 0.3 is 18.1 Å². The highest BCUT2D eigenvalue weighted by atomic mass is 32.2. The third-order valence-electron chi connectivity index (χ3n) is 5.56. The molecule has 0 spiro atoms. The Bertz CT molecular complexity index is 1250. The number of halogens is 3. The number of rotatable bonds is 9. The molecule has 2 aromatic carbocycles. The molecule has 1 aliphatic rings. The first-order valence-corrected chi connectivity index (χ1v) is 13.3. The van der Waals surface area contributed by atoms with E-state index in [1.165, 1.54) is 19.1 Å². The lowest BCUT2D eigenvalue weighted by molar-refractivity contribution is -0.192. The van der Waals surface area contributed by atoms with E-state index in [-0.39, 0.29) is 22.9 Å². The Hall–Kier alpha value is -3.85. The molecule has 0 unspecified atom stereocenters. The number of benzene rings is 2. The van der Waals surface area contributed by atoms with Crippen LogP contribution in [0.15, 0.2) is 48.5 Å². The maximum atomic E-state index is 12.2. The van der Waals surface area contributed by atoms with Gasteiger partial charge in [-0.1, -0.05) is 30.3 Å². The third kappa shape index (κ3) is 10.4. The van der Waals surface area contributed by atoms with Crippen LogP contribution in [0.25, 0.3) is 0 Å². The van der Waals surface area contributed by atoms with Crippen molar-refractivity contribution in [1.29, 1.82) is 0 Å². The number of amides is 1. The fourth-order valence-electron chi connectivity index (χ4n) is 3.45. The Morgan fingerprint density at radius 1 is 0.974 bits per heavy atom. The number of carbonyl (C=O) groups is 3. The number of hydrogen-bond acceptors (Lipinski definition) is 7. The molecule has 15 heteroatoms. The second kappa shape index (κ2) is 13.8. The molecule has 0 saturated carbocycles. The van der Waals surface area contributed by atoms with Gasteiger partial charge in [0.25, 0.3) is 0 Å². The fraction of sp³-hybridized carbons (Fsp3) is 0.375. The number of nitrogens with zero attached hydrogens (tertiary/aromatic N) is 2. The Labute approximate surface area is 223 Å². The van der Waals surface area contributed by atoms with Crippen LogP contribution in [-0.2, 0) is 26.2 Å². The van der Waals surface area contributed by atoms with E-state index in [1.807, 2.05) is 35.2 Å². The SMILES string of the molecule is CCS(=O)(=O)Nc1ccc(N2CCN(CC(=O)NCc3ccccc3)CC2)cc1C(=O)O.O=C(O)C(F)(F)F. The summed E-state index contributed by atoms with van der Waals surface area (Å²) < 4.78 is 57.7. The van der Waals surface area contributed by atoms with Crippen LogP contribution >= 0.6 is 0 Å². The zero-order valence-electron chi connectivity index (χ0n) is 20.9. The van der Waals surface area contributed by atoms with Crippen molar-refractivity contribution in [2.75, 3.05) is 48.1 Å². The molecular weight excluding hydrogens is 545 g/mol. The lowest BCUT2D eigenvalue weighted by Gasteiger charge is -2.36. The van der Waals surface area contributed by atoms with Crippen molar-refractivity contribution in [3.05, 3.63) is 59.7 Å². The lowest BCUT2D eigenvalue weighted by Crippen LogP contribution is -2.49. The van der Waals surface area contributed by atoms with Crippen molar-refractivity contribution >= 4 is 39.2 Å². The average molecular weight is 575 g/mol. The van der Waals surface area contributed by atoms with E-state index in [0.29, 0.717) is 45.0 Å². The number of aliphatic carboxylic acids is 1. The number of carboxylic acids is 2. The second-order valence-electron chi connectivity index (χ2n) is 8.37. The van der Waals surface area contributed by atoms with Crippen LogP contribution in [0.3, 0.4) is 0 Å². The normalized spacial score (nSPS) is 14.1. The van der Waals surface area contributed by atoms with Gasteiger partial charge in [0.15, 0.2) is 0 Å². The standard InChI is InChI=1S/C22H28N4O5S.C2HF3O2/c1-2-32(30,31)24-20-9-8-18(14-19(20)22(28)29)26-12-10-25(11-13-26)16-21(27)23-15-17-6-4-3-5-7-17;3-2(4,5)1(6)7/h3-9,14,24H,2,10-13,15-16H2,1H3,(H,23,27)(H,28,29);(H,6,7). The van der Waals surface area contributed by atoms with Gasteiger partial charge in [0.1, 0.15) is 0 Å².